The van der Waals surface area contributed by atoms with Crippen LogP contribution in [-0.2, 0) is 9.36 Å². The fraction of sp³-hybridized carbons (Fsp3) is 0.591. The Labute approximate surface area is 187 Å². The van der Waals surface area contributed by atoms with Crippen LogP contribution in [0.3, 0.4) is 0 Å². The molecule has 0 fully saturated rings. The van der Waals surface area contributed by atoms with E-state index >= 15 is 0 Å². The molecule has 0 aromatic rings. The van der Waals surface area contributed by atoms with Crippen LogP contribution in [0.5, 0.6) is 0 Å². The smallest absolute Gasteiger partial charge is 0.466 e. The Balaban J connectivity index is -0.000000728. The molecule has 0 bridgehead atoms. The van der Waals surface area contributed by atoms with E-state index in [1.807, 2.05) is 0 Å². The second-order valence-corrected chi connectivity index (χ2v) is 7.43. The van der Waals surface area contributed by atoms with Crippen molar-refractivity contribution in [3.05, 3.63) is 48.6 Å². The van der Waals surface area contributed by atoms with Gasteiger partial charge in [-0.05, 0) is 44.9 Å². The van der Waals surface area contributed by atoms with Gasteiger partial charge in [-0.25, -0.2) is 4.57 Å². The van der Waals surface area contributed by atoms with E-state index in [-0.39, 0.29) is 13.0 Å². The first kappa shape index (κ1) is 34.1. The minimum atomic E-state index is -4.64. The number of phosphoric acid groups is 1. The van der Waals surface area contributed by atoms with Crippen LogP contribution in [0.1, 0.15) is 71.1 Å². The number of aliphatic hydroxyl groups excluding tert-OH is 1. The molecule has 8 nitrogen and oxygen atoms in total. The van der Waals surface area contributed by atoms with Crippen molar-refractivity contribution in [1.82, 2.24) is 0 Å². The topological polar surface area (TPSA) is 161 Å². The number of hydrogen-bond donors (Lipinski definition) is 6. The summed E-state index contributed by atoms with van der Waals surface area (Å²) in [6.07, 6.45) is 27.3. The number of aliphatic hydroxyl groups is 1. The summed E-state index contributed by atoms with van der Waals surface area (Å²) < 4.78 is 8.88. The van der Waals surface area contributed by atoms with Gasteiger partial charge in [-0.2, -0.15) is 0 Å². The molecule has 0 aliphatic carbocycles. The number of carbonyl (C=O) groups is 1. The van der Waals surface area contributed by atoms with Crippen molar-refractivity contribution in [2.24, 2.45) is 5.73 Å². The van der Waals surface area contributed by atoms with Crippen LogP contribution in [0.25, 0.3) is 0 Å². The van der Waals surface area contributed by atoms with Gasteiger partial charge in [0.1, 0.15) is 0 Å². The molecule has 0 amide bonds. The summed E-state index contributed by atoms with van der Waals surface area (Å²) in [5.74, 6) is -0.712. The summed E-state index contributed by atoms with van der Waals surface area (Å²) in [5.41, 5.74) is 4.78. The Morgan fingerprint density at radius 3 is 1.48 bits per heavy atom. The molecular weight excluding hydrogens is 421 g/mol. The predicted molar refractivity (Wildman–Crippen MR) is 126 cm³/mol. The van der Waals surface area contributed by atoms with Crippen LogP contribution in [0.2, 0.25) is 0 Å². The lowest BCUT2D eigenvalue weighted by atomic mass is 10.2. The number of rotatable bonds is 15. The third-order valence-electron chi connectivity index (χ3n) is 3.35. The first-order valence-corrected chi connectivity index (χ1v) is 12.2. The summed E-state index contributed by atoms with van der Waals surface area (Å²) in [7, 11) is -4.64. The van der Waals surface area contributed by atoms with Gasteiger partial charge >= 0.3 is 13.8 Å². The highest BCUT2D eigenvalue weighted by Gasteiger charge is 2.00. The molecule has 7 N–H and O–H groups in total. The van der Waals surface area contributed by atoms with E-state index < -0.39 is 13.8 Å². The molecule has 0 heterocycles. The summed E-state index contributed by atoms with van der Waals surface area (Å²) in [4.78, 5) is 31.9. The number of hydrogen-bond acceptors (Lipinski definition) is 4. The zero-order valence-corrected chi connectivity index (χ0v) is 19.6. The monoisotopic (exact) mass is 463 g/mol. The molecule has 0 aliphatic heterocycles. The van der Waals surface area contributed by atoms with E-state index in [1.54, 1.807) is 0 Å². The first-order chi connectivity index (χ1) is 14.7. The van der Waals surface area contributed by atoms with E-state index in [0.29, 0.717) is 6.54 Å². The van der Waals surface area contributed by atoms with E-state index in [0.717, 1.165) is 32.1 Å². The van der Waals surface area contributed by atoms with Crippen LogP contribution in [0.15, 0.2) is 48.6 Å². The highest BCUT2D eigenvalue weighted by molar-refractivity contribution is 7.45. The predicted octanol–water partition coefficient (Wildman–Crippen LogP) is 4.23. The molecule has 0 saturated carbocycles. The normalized spacial score (nSPS) is 11.7. The molecule has 0 radical (unpaired) electrons. The van der Waals surface area contributed by atoms with Gasteiger partial charge in [0.05, 0.1) is 6.61 Å². The fourth-order valence-electron chi connectivity index (χ4n) is 1.93. The van der Waals surface area contributed by atoms with E-state index in [9.17, 15) is 4.79 Å². The van der Waals surface area contributed by atoms with Crippen LogP contribution in [0, 0.1) is 0 Å². The van der Waals surface area contributed by atoms with Gasteiger partial charge in [-0.15, -0.1) is 0 Å². The number of carboxylic acid groups (broad SMARTS) is 1. The zero-order chi connectivity index (χ0) is 24.2. The zero-order valence-electron chi connectivity index (χ0n) is 18.7. The summed E-state index contributed by atoms with van der Waals surface area (Å²) in [6, 6.07) is 0. The molecule has 31 heavy (non-hydrogen) atoms. The highest BCUT2D eigenvalue weighted by atomic mass is 31.2. The highest BCUT2D eigenvalue weighted by Crippen LogP contribution is 2.25. The lowest BCUT2D eigenvalue weighted by molar-refractivity contribution is -0.137. The Kier molecular flexibility index (Phi) is 31.3. The lowest BCUT2D eigenvalue weighted by Gasteiger charge is -1.90. The molecule has 182 valence electrons. The summed E-state index contributed by atoms with van der Waals surface area (Å²) in [5, 5.41) is 16.2. The van der Waals surface area contributed by atoms with Crippen molar-refractivity contribution in [3.63, 3.8) is 0 Å². The van der Waals surface area contributed by atoms with Crippen molar-refractivity contribution in [3.8, 4) is 0 Å². The largest absolute Gasteiger partial charge is 0.481 e. The maximum Gasteiger partial charge on any atom is 0.466 e. The molecule has 0 atom stereocenters. The molecule has 0 aliphatic rings. The SMILES string of the molecule is CCCCC/C=C\C/C=C\C/C=C\C/C=C\CCCC(=O)O.NCCO.O=P(O)(O)O. The van der Waals surface area contributed by atoms with Crippen molar-refractivity contribution >= 4 is 13.8 Å². The number of allylic oxidation sites excluding steroid dienone is 8. The molecule has 0 rings (SSSR count). The average molecular weight is 464 g/mol. The summed E-state index contributed by atoms with van der Waals surface area (Å²) in [6.45, 7) is 2.70. The molecule has 0 saturated heterocycles. The van der Waals surface area contributed by atoms with Crippen molar-refractivity contribution in [2.45, 2.75) is 71.1 Å². The standard InChI is InChI=1S/C20H32O2.C2H7NO.H3O4P/c1-2-3-4-5-6-7-8-9-10-11-12-13-14-15-16-17-18-19-20(21)22;3-1-2-4;1-5(2,3)4/h6-7,9-10,12-13,15-16H,2-5,8,11,14,17-19H2,1H3,(H,21,22);4H,1-3H2;(H3,1,2,3,4)/b7-6-,10-9-,13-12-,16-15-;;. The molecule has 0 spiro atoms. The van der Waals surface area contributed by atoms with Gasteiger partial charge in [0.2, 0.25) is 0 Å². The Morgan fingerprint density at radius 2 is 1.16 bits per heavy atom. The Morgan fingerprint density at radius 1 is 0.806 bits per heavy atom. The van der Waals surface area contributed by atoms with E-state index in [4.69, 9.17) is 35.2 Å². The number of unbranched alkanes of at least 4 members (excludes halogenated alkanes) is 4. The van der Waals surface area contributed by atoms with Crippen molar-refractivity contribution in [1.29, 1.82) is 0 Å². The van der Waals surface area contributed by atoms with Gasteiger partial charge in [0.15, 0.2) is 0 Å². The van der Waals surface area contributed by atoms with Gasteiger partial charge in [-0.3, -0.25) is 4.79 Å². The summed E-state index contributed by atoms with van der Waals surface area (Å²) >= 11 is 0. The lowest BCUT2D eigenvalue weighted by Crippen LogP contribution is -2.02. The number of nitrogens with two attached hydrogens (primary N) is 1. The van der Waals surface area contributed by atoms with Gasteiger partial charge < -0.3 is 30.6 Å². The Hall–Kier alpha value is -1.54. The first-order valence-electron chi connectivity index (χ1n) is 10.6. The van der Waals surface area contributed by atoms with Gasteiger partial charge in [0, 0.05) is 13.0 Å². The fourth-order valence-corrected chi connectivity index (χ4v) is 1.93. The third kappa shape index (κ3) is 58.5. The number of carboxylic acids is 1. The molecule has 0 unspecified atom stereocenters. The second kappa shape index (κ2) is 28.5. The average Bonchev–Trinajstić information content (AvgIpc) is 2.69. The van der Waals surface area contributed by atoms with Crippen molar-refractivity contribution in [2.75, 3.05) is 13.2 Å². The van der Waals surface area contributed by atoms with Crippen LogP contribution in [-0.4, -0.2) is 44.0 Å². The maximum absolute atomic E-state index is 10.3. The van der Waals surface area contributed by atoms with Crippen LogP contribution in [0.4, 0.5) is 0 Å². The maximum atomic E-state index is 10.3. The minimum Gasteiger partial charge on any atom is -0.481 e. The molecule has 9 heteroatoms. The molecule has 0 aromatic carbocycles. The quantitative estimate of drug-likeness (QED) is 0.119. The number of aliphatic carboxylic acids is 1. The van der Waals surface area contributed by atoms with Gasteiger partial charge in [-0.1, -0.05) is 68.4 Å². The second-order valence-electron chi connectivity index (χ2n) is 6.40. The van der Waals surface area contributed by atoms with Gasteiger partial charge in [0.25, 0.3) is 0 Å². The van der Waals surface area contributed by atoms with Crippen LogP contribution < -0.4 is 5.73 Å². The molecule has 0 aromatic heterocycles. The van der Waals surface area contributed by atoms with Crippen molar-refractivity contribution < 1.29 is 34.3 Å². The van der Waals surface area contributed by atoms with Crippen LogP contribution >= 0.6 is 7.82 Å². The molecular formula is C22H42NO7P. The van der Waals surface area contributed by atoms with E-state index in [2.05, 4.69) is 55.5 Å². The minimum absolute atomic E-state index is 0.0972. The Bertz CT molecular complexity index is 530. The van der Waals surface area contributed by atoms with E-state index in [1.165, 1.54) is 25.7 Å². The third-order valence-corrected chi connectivity index (χ3v) is 3.35.